The lowest BCUT2D eigenvalue weighted by Crippen LogP contribution is -2.35. The van der Waals surface area contributed by atoms with Gasteiger partial charge in [-0.1, -0.05) is 6.07 Å². The van der Waals surface area contributed by atoms with E-state index in [0.29, 0.717) is 26.4 Å². The summed E-state index contributed by atoms with van der Waals surface area (Å²) in [5.74, 6) is 3.58. The predicted molar refractivity (Wildman–Crippen MR) is 107 cm³/mol. The van der Waals surface area contributed by atoms with Gasteiger partial charge in [0.2, 0.25) is 12.7 Å². The van der Waals surface area contributed by atoms with Gasteiger partial charge in [-0.25, -0.2) is 0 Å². The minimum atomic E-state index is -0.287. The third kappa shape index (κ3) is 4.13. The van der Waals surface area contributed by atoms with Gasteiger partial charge in [-0.05, 0) is 30.5 Å². The molecule has 1 amide bonds. The number of fused-ring (bicyclic) bond motifs is 2. The Morgan fingerprint density at radius 3 is 3.00 bits per heavy atom. The van der Waals surface area contributed by atoms with E-state index in [1.165, 1.54) is 5.56 Å². The number of carbonyl (C=O) groups excluding carboxylic acids is 1. The molecule has 0 saturated carbocycles. The lowest BCUT2D eigenvalue weighted by atomic mass is 10.2. The minimum Gasteiger partial charge on any atom is -0.454 e. The van der Waals surface area contributed by atoms with Crippen molar-refractivity contribution in [3.05, 3.63) is 35.4 Å². The first-order valence-corrected chi connectivity index (χ1v) is 10.7. The van der Waals surface area contributed by atoms with Crippen LogP contribution in [-0.4, -0.2) is 64.7 Å². The van der Waals surface area contributed by atoms with Gasteiger partial charge in [-0.3, -0.25) is 9.69 Å². The van der Waals surface area contributed by atoms with E-state index in [1.54, 1.807) is 0 Å². The molecule has 0 spiro atoms. The molecule has 0 bridgehead atoms. The lowest BCUT2D eigenvalue weighted by molar-refractivity contribution is -0.130. The Morgan fingerprint density at radius 1 is 1.17 bits per heavy atom. The van der Waals surface area contributed by atoms with Crippen molar-refractivity contribution < 1.29 is 19.0 Å². The molecule has 1 N–H and O–H groups in total. The first-order chi connectivity index (χ1) is 14.8. The number of hydrogen-bond acceptors (Lipinski definition) is 7. The fourth-order valence-electron chi connectivity index (χ4n) is 4.26. The van der Waals surface area contributed by atoms with Gasteiger partial charge in [0.05, 0.1) is 0 Å². The molecule has 1 atom stereocenters. The molecule has 3 aliphatic rings. The number of nitrogens with one attached hydrogen (secondary N) is 1. The lowest BCUT2D eigenvalue weighted by Gasteiger charge is -2.19. The Hall–Kier alpha value is -2.65. The summed E-state index contributed by atoms with van der Waals surface area (Å²) in [5.41, 5.74) is 1.22. The molecule has 1 aromatic heterocycles. The molecule has 0 aliphatic carbocycles. The first-order valence-electron chi connectivity index (χ1n) is 10.7. The molecular weight excluding hydrogens is 386 g/mol. The van der Waals surface area contributed by atoms with Crippen LogP contribution in [0.3, 0.4) is 0 Å². The molecule has 1 saturated heterocycles. The highest BCUT2D eigenvalue weighted by molar-refractivity contribution is 5.80. The summed E-state index contributed by atoms with van der Waals surface area (Å²) in [5, 5.41) is 11.7. The highest BCUT2D eigenvalue weighted by atomic mass is 16.7. The average Bonchev–Trinajstić information content (AvgIpc) is 3.49. The standard InChI is InChI=1S/C21H27N5O4/c27-21(17-2-1-11-28-17)22-7-5-19-23-24-20-6-8-25(9-10-26(19)20)13-15-3-4-16-18(12-15)30-14-29-16/h3-4,12,17H,1-2,5-11,13-14H2,(H,22,27)/t17-/m1/s1. The number of amides is 1. The number of benzene rings is 1. The van der Waals surface area contributed by atoms with Crippen LogP contribution in [0, 0.1) is 0 Å². The van der Waals surface area contributed by atoms with Gasteiger partial charge in [0, 0.05) is 52.2 Å². The van der Waals surface area contributed by atoms with Crippen molar-refractivity contribution in [3.8, 4) is 11.5 Å². The van der Waals surface area contributed by atoms with Gasteiger partial charge in [0.25, 0.3) is 0 Å². The quantitative estimate of drug-likeness (QED) is 0.753. The Labute approximate surface area is 175 Å². The van der Waals surface area contributed by atoms with E-state index < -0.39 is 0 Å². The predicted octanol–water partition coefficient (Wildman–Crippen LogP) is 0.903. The number of ether oxygens (including phenoxy) is 3. The first kappa shape index (κ1) is 19.3. The van der Waals surface area contributed by atoms with Crippen molar-refractivity contribution in [2.75, 3.05) is 33.0 Å². The van der Waals surface area contributed by atoms with Crippen LogP contribution in [0.2, 0.25) is 0 Å². The van der Waals surface area contributed by atoms with Crippen molar-refractivity contribution in [1.29, 1.82) is 0 Å². The van der Waals surface area contributed by atoms with Crippen molar-refractivity contribution in [2.24, 2.45) is 0 Å². The molecule has 2 aromatic rings. The van der Waals surface area contributed by atoms with Gasteiger partial charge in [0.15, 0.2) is 11.5 Å². The maximum absolute atomic E-state index is 12.1. The van der Waals surface area contributed by atoms with E-state index in [1.807, 2.05) is 6.07 Å². The fourth-order valence-corrected chi connectivity index (χ4v) is 4.26. The molecule has 0 radical (unpaired) electrons. The van der Waals surface area contributed by atoms with Crippen LogP contribution in [0.25, 0.3) is 0 Å². The molecule has 1 fully saturated rings. The van der Waals surface area contributed by atoms with Gasteiger partial charge < -0.3 is 24.1 Å². The summed E-state index contributed by atoms with van der Waals surface area (Å²) in [7, 11) is 0. The normalized spacial score (nSPS) is 20.7. The SMILES string of the molecule is O=C(NCCc1nnc2n1CCN(Cc1ccc3c(c1)OCO3)CC2)[C@H]1CCCO1. The van der Waals surface area contributed by atoms with Gasteiger partial charge in [-0.15, -0.1) is 10.2 Å². The topological polar surface area (TPSA) is 90.7 Å². The Kier molecular flexibility index (Phi) is 5.54. The number of carbonyl (C=O) groups is 1. The van der Waals surface area contributed by atoms with E-state index in [-0.39, 0.29) is 12.0 Å². The molecule has 1 aromatic carbocycles. The number of nitrogens with zero attached hydrogens (tertiary/aromatic N) is 4. The second kappa shape index (κ2) is 8.61. The molecule has 9 nitrogen and oxygen atoms in total. The smallest absolute Gasteiger partial charge is 0.249 e. The summed E-state index contributed by atoms with van der Waals surface area (Å²) < 4.78 is 18.5. The summed E-state index contributed by atoms with van der Waals surface area (Å²) in [6.45, 7) is 5.10. The molecule has 0 unspecified atom stereocenters. The van der Waals surface area contributed by atoms with Crippen LogP contribution >= 0.6 is 0 Å². The van der Waals surface area contributed by atoms with Crippen molar-refractivity contribution in [2.45, 2.75) is 44.9 Å². The second-order valence-corrected chi connectivity index (χ2v) is 7.94. The zero-order chi connectivity index (χ0) is 20.3. The van der Waals surface area contributed by atoms with Crippen molar-refractivity contribution >= 4 is 5.91 Å². The summed E-state index contributed by atoms with van der Waals surface area (Å²) in [6, 6.07) is 6.14. The maximum atomic E-state index is 12.1. The maximum Gasteiger partial charge on any atom is 0.249 e. The summed E-state index contributed by atoms with van der Waals surface area (Å²) in [4.78, 5) is 14.5. The van der Waals surface area contributed by atoms with E-state index in [2.05, 4.69) is 37.1 Å². The molecule has 4 heterocycles. The van der Waals surface area contributed by atoms with E-state index in [4.69, 9.17) is 14.2 Å². The summed E-state index contributed by atoms with van der Waals surface area (Å²) in [6.07, 6.45) is 3.02. The van der Waals surface area contributed by atoms with Crippen LogP contribution in [0.15, 0.2) is 18.2 Å². The van der Waals surface area contributed by atoms with Crippen LogP contribution in [0.4, 0.5) is 0 Å². The molecule has 30 heavy (non-hydrogen) atoms. The Morgan fingerprint density at radius 2 is 2.10 bits per heavy atom. The zero-order valence-electron chi connectivity index (χ0n) is 17.0. The van der Waals surface area contributed by atoms with Crippen LogP contribution in [0.1, 0.15) is 30.1 Å². The monoisotopic (exact) mass is 413 g/mol. The van der Waals surface area contributed by atoms with E-state index >= 15 is 0 Å². The number of rotatable bonds is 6. The van der Waals surface area contributed by atoms with E-state index in [0.717, 1.165) is 68.6 Å². The third-order valence-electron chi connectivity index (χ3n) is 5.91. The largest absolute Gasteiger partial charge is 0.454 e. The third-order valence-corrected chi connectivity index (χ3v) is 5.91. The van der Waals surface area contributed by atoms with Crippen molar-refractivity contribution in [3.63, 3.8) is 0 Å². The van der Waals surface area contributed by atoms with E-state index in [9.17, 15) is 4.79 Å². The van der Waals surface area contributed by atoms with Crippen LogP contribution in [-0.2, 0) is 35.5 Å². The molecule has 3 aliphatic heterocycles. The molecular formula is C21H27N5O4. The average molecular weight is 413 g/mol. The molecule has 160 valence electrons. The summed E-state index contributed by atoms with van der Waals surface area (Å²) >= 11 is 0. The van der Waals surface area contributed by atoms with Crippen LogP contribution in [0.5, 0.6) is 11.5 Å². The van der Waals surface area contributed by atoms with Gasteiger partial charge in [0.1, 0.15) is 17.8 Å². The number of aromatic nitrogens is 3. The second-order valence-electron chi connectivity index (χ2n) is 7.94. The van der Waals surface area contributed by atoms with Crippen molar-refractivity contribution in [1.82, 2.24) is 25.0 Å². The number of hydrogen-bond donors (Lipinski definition) is 1. The Balaban J connectivity index is 1.15. The molecule has 9 heteroatoms. The molecule has 5 rings (SSSR count). The van der Waals surface area contributed by atoms with Gasteiger partial charge in [-0.2, -0.15) is 0 Å². The highest BCUT2D eigenvalue weighted by Crippen LogP contribution is 2.32. The Bertz CT molecular complexity index is 909. The van der Waals surface area contributed by atoms with Crippen LogP contribution < -0.4 is 14.8 Å². The minimum absolute atomic E-state index is 0.0157. The highest BCUT2D eigenvalue weighted by Gasteiger charge is 2.24. The fraction of sp³-hybridized carbons (Fsp3) is 0.571. The zero-order valence-corrected chi connectivity index (χ0v) is 17.0. The van der Waals surface area contributed by atoms with Gasteiger partial charge >= 0.3 is 0 Å².